The van der Waals surface area contributed by atoms with Crippen LogP contribution in [0.15, 0.2) is 18.3 Å². The number of carbonyl (C=O) groups excluding carboxylic acids is 1. The van der Waals surface area contributed by atoms with Gasteiger partial charge in [0.15, 0.2) is 11.6 Å². The van der Waals surface area contributed by atoms with E-state index in [-0.39, 0.29) is 18.6 Å². The van der Waals surface area contributed by atoms with Crippen LogP contribution in [0.1, 0.15) is 13.8 Å². The van der Waals surface area contributed by atoms with Gasteiger partial charge in [0.2, 0.25) is 0 Å². The van der Waals surface area contributed by atoms with Crippen LogP contribution >= 0.6 is 0 Å². The first kappa shape index (κ1) is 12.3. The first-order valence-electron chi connectivity index (χ1n) is 5.06. The number of esters is 1. The first-order valence-corrected chi connectivity index (χ1v) is 5.06. The smallest absolute Gasteiger partial charge is 0.325 e. The van der Waals surface area contributed by atoms with Gasteiger partial charge in [-0.1, -0.05) is 0 Å². The molecule has 0 aromatic carbocycles. The van der Waals surface area contributed by atoms with Crippen molar-refractivity contribution in [3.8, 4) is 5.75 Å². The molecule has 0 bridgehead atoms. The lowest BCUT2D eigenvalue weighted by atomic mass is 10.4. The lowest BCUT2D eigenvalue weighted by Crippen LogP contribution is -2.17. The average Bonchev–Trinajstić information content (AvgIpc) is 2.26. The first-order chi connectivity index (χ1) is 7.63. The van der Waals surface area contributed by atoms with Crippen molar-refractivity contribution >= 4 is 11.8 Å². The van der Waals surface area contributed by atoms with E-state index in [4.69, 9.17) is 4.74 Å². The predicted octanol–water partition coefficient (Wildman–Crippen LogP) is 1.45. The van der Waals surface area contributed by atoms with Gasteiger partial charge < -0.3 is 14.8 Å². The summed E-state index contributed by atoms with van der Waals surface area (Å²) in [6.45, 7) is 3.93. The number of nitrogens with zero attached hydrogens (tertiary/aromatic N) is 1. The monoisotopic (exact) mass is 224 g/mol. The maximum absolute atomic E-state index is 11.0. The number of methoxy groups -OCH3 is 1. The largest absolute Gasteiger partial charge is 0.487 e. The van der Waals surface area contributed by atoms with Gasteiger partial charge in [-0.2, -0.15) is 0 Å². The molecular formula is C11H16N2O3. The third-order valence-electron chi connectivity index (χ3n) is 1.76. The summed E-state index contributed by atoms with van der Waals surface area (Å²) in [5.41, 5.74) is 0. The number of carbonyl (C=O) groups is 1. The fraction of sp³-hybridized carbons (Fsp3) is 0.455. The molecule has 0 aliphatic carbocycles. The fourth-order valence-corrected chi connectivity index (χ4v) is 1.10. The molecule has 88 valence electrons. The summed E-state index contributed by atoms with van der Waals surface area (Å²) in [4.78, 5) is 15.1. The van der Waals surface area contributed by atoms with Crippen LogP contribution in [0.3, 0.4) is 0 Å². The SMILES string of the molecule is COC(=O)CNc1ncccc1OC(C)C. The summed E-state index contributed by atoms with van der Waals surface area (Å²) < 4.78 is 10.1. The molecule has 0 saturated carbocycles. The Labute approximate surface area is 94.8 Å². The second-order valence-corrected chi connectivity index (χ2v) is 3.45. The van der Waals surface area contributed by atoms with E-state index in [9.17, 15) is 4.79 Å². The highest BCUT2D eigenvalue weighted by molar-refractivity contribution is 5.75. The van der Waals surface area contributed by atoms with Crippen LogP contribution in [-0.2, 0) is 9.53 Å². The fourth-order valence-electron chi connectivity index (χ4n) is 1.10. The molecule has 0 aliphatic heterocycles. The molecule has 0 fully saturated rings. The van der Waals surface area contributed by atoms with Crippen LogP contribution in [0.5, 0.6) is 5.75 Å². The van der Waals surface area contributed by atoms with Crippen molar-refractivity contribution in [3.05, 3.63) is 18.3 Å². The maximum atomic E-state index is 11.0. The van der Waals surface area contributed by atoms with Crippen LogP contribution in [0, 0.1) is 0 Å². The molecule has 0 spiro atoms. The predicted molar refractivity (Wildman–Crippen MR) is 60.5 cm³/mol. The molecule has 0 saturated heterocycles. The minimum atomic E-state index is -0.346. The van der Waals surface area contributed by atoms with Crippen molar-refractivity contribution in [2.24, 2.45) is 0 Å². The quantitative estimate of drug-likeness (QED) is 0.767. The van der Waals surface area contributed by atoms with Gasteiger partial charge in [-0.25, -0.2) is 4.98 Å². The van der Waals surface area contributed by atoms with E-state index in [1.807, 2.05) is 13.8 Å². The van der Waals surface area contributed by atoms with Crippen LogP contribution in [0.25, 0.3) is 0 Å². The molecule has 0 unspecified atom stereocenters. The molecule has 16 heavy (non-hydrogen) atoms. The van der Waals surface area contributed by atoms with Gasteiger partial charge in [0.05, 0.1) is 13.2 Å². The Morgan fingerprint density at radius 2 is 2.31 bits per heavy atom. The number of pyridine rings is 1. The Morgan fingerprint density at radius 1 is 1.56 bits per heavy atom. The minimum Gasteiger partial charge on any atom is -0.487 e. The number of aromatic nitrogens is 1. The van der Waals surface area contributed by atoms with E-state index in [1.165, 1.54) is 7.11 Å². The summed E-state index contributed by atoms with van der Waals surface area (Å²) >= 11 is 0. The molecule has 0 amide bonds. The molecule has 0 atom stereocenters. The normalized spacial score (nSPS) is 10.0. The Bertz CT molecular complexity index is 353. The second kappa shape index (κ2) is 5.95. The number of hydrogen-bond donors (Lipinski definition) is 1. The number of rotatable bonds is 5. The van der Waals surface area contributed by atoms with Crippen LogP contribution in [-0.4, -0.2) is 30.7 Å². The summed E-state index contributed by atoms with van der Waals surface area (Å²) in [5.74, 6) is 0.823. The van der Waals surface area contributed by atoms with Crippen molar-refractivity contribution in [2.45, 2.75) is 20.0 Å². The van der Waals surface area contributed by atoms with E-state index in [0.29, 0.717) is 11.6 Å². The molecular weight excluding hydrogens is 208 g/mol. The van der Waals surface area contributed by atoms with E-state index < -0.39 is 0 Å². The maximum Gasteiger partial charge on any atom is 0.325 e. The molecule has 5 heteroatoms. The van der Waals surface area contributed by atoms with E-state index in [0.717, 1.165) is 0 Å². The zero-order valence-electron chi connectivity index (χ0n) is 9.69. The molecule has 0 aliphatic rings. The molecule has 0 radical (unpaired) electrons. The number of nitrogens with one attached hydrogen (secondary N) is 1. The van der Waals surface area contributed by atoms with E-state index in [2.05, 4.69) is 15.0 Å². The summed E-state index contributed by atoms with van der Waals surface area (Å²) in [7, 11) is 1.34. The van der Waals surface area contributed by atoms with E-state index >= 15 is 0 Å². The molecule has 1 N–H and O–H groups in total. The highest BCUT2D eigenvalue weighted by Crippen LogP contribution is 2.21. The Hall–Kier alpha value is -1.78. The highest BCUT2D eigenvalue weighted by atomic mass is 16.5. The minimum absolute atomic E-state index is 0.0582. The lowest BCUT2D eigenvalue weighted by molar-refractivity contribution is -0.138. The lowest BCUT2D eigenvalue weighted by Gasteiger charge is -2.13. The number of ether oxygens (including phenoxy) is 2. The van der Waals surface area contributed by atoms with Crippen LogP contribution in [0.4, 0.5) is 5.82 Å². The van der Waals surface area contributed by atoms with Gasteiger partial charge >= 0.3 is 5.97 Å². The molecule has 5 nitrogen and oxygen atoms in total. The van der Waals surface area contributed by atoms with Crippen LogP contribution in [0.2, 0.25) is 0 Å². The third kappa shape index (κ3) is 3.76. The topological polar surface area (TPSA) is 60.5 Å². The highest BCUT2D eigenvalue weighted by Gasteiger charge is 2.07. The standard InChI is InChI=1S/C11H16N2O3/c1-8(2)16-9-5-4-6-12-11(9)13-7-10(14)15-3/h4-6,8H,7H2,1-3H3,(H,12,13). The summed E-state index contributed by atoms with van der Waals surface area (Å²) in [6.07, 6.45) is 1.69. The van der Waals surface area contributed by atoms with Gasteiger partial charge in [-0.05, 0) is 26.0 Å². The van der Waals surface area contributed by atoms with Gasteiger partial charge in [-0.15, -0.1) is 0 Å². The third-order valence-corrected chi connectivity index (χ3v) is 1.76. The van der Waals surface area contributed by atoms with Crippen molar-refractivity contribution < 1.29 is 14.3 Å². The Balaban J connectivity index is 2.67. The van der Waals surface area contributed by atoms with Crippen molar-refractivity contribution in [1.82, 2.24) is 4.98 Å². The zero-order chi connectivity index (χ0) is 12.0. The zero-order valence-corrected chi connectivity index (χ0v) is 9.69. The van der Waals surface area contributed by atoms with Crippen molar-refractivity contribution in [1.29, 1.82) is 0 Å². The van der Waals surface area contributed by atoms with Gasteiger partial charge in [0.1, 0.15) is 6.54 Å². The molecule has 1 aromatic rings. The number of anilines is 1. The Morgan fingerprint density at radius 3 is 2.94 bits per heavy atom. The van der Waals surface area contributed by atoms with Gasteiger partial charge in [-0.3, -0.25) is 4.79 Å². The summed E-state index contributed by atoms with van der Waals surface area (Å²) in [6, 6.07) is 3.58. The molecule has 1 rings (SSSR count). The second-order valence-electron chi connectivity index (χ2n) is 3.45. The molecule has 1 aromatic heterocycles. The Kier molecular flexibility index (Phi) is 4.57. The van der Waals surface area contributed by atoms with Crippen molar-refractivity contribution in [3.63, 3.8) is 0 Å². The van der Waals surface area contributed by atoms with Gasteiger partial charge in [0, 0.05) is 6.20 Å². The summed E-state index contributed by atoms with van der Waals surface area (Å²) in [5, 5.41) is 2.86. The molecule has 1 heterocycles. The van der Waals surface area contributed by atoms with Crippen molar-refractivity contribution in [2.75, 3.05) is 19.0 Å². The number of hydrogen-bond acceptors (Lipinski definition) is 5. The van der Waals surface area contributed by atoms with Gasteiger partial charge in [0.25, 0.3) is 0 Å². The van der Waals surface area contributed by atoms with Crippen LogP contribution < -0.4 is 10.1 Å². The average molecular weight is 224 g/mol. The van der Waals surface area contributed by atoms with E-state index in [1.54, 1.807) is 18.3 Å².